The highest BCUT2D eigenvalue weighted by Crippen LogP contribution is 2.32. The van der Waals surface area contributed by atoms with Crippen LogP contribution in [0.15, 0.2) is 25.3 Å². The highest BCUT2D eigenvalue weighted by molar-refractivity contribution is 5.76. The Balaban J connectivity index is 0.000000148. The molecule has 6 heterocycles. The molecule has 0 unspecified atom stereocenters. The van der Waals surface area contributed by atoms with E-state index in [4.69, 9.17) is 19.7 Å². The van der Waals surface area contributed by atoms with Gasteiger partial charge < -0.3 is 40.1 Å². The quantitative estimate of drug-likeness (QED) is 0.183. The van der Waals surface area contributed by atoms with Gasteiger partial charge >= 0.3 is 0 Å². The van der Waals surface area contributed by atoms with Crippen molar-refractivity contribution < 1.29 is 40.1 Å². The predicted octanol–water partition coefficient (Wildman–Crippen LogP) is -1.65. The standard InChI is InChI=1S/2C10H12N4O4/c2*15-2-6-5(16)1-7(18-6)14-4-13-8-9(14)11-3-12-10(8)17/h2*3-7,15-16H,1-2H2,(H,11,12,17)/t2*5-,6+,7+/m00/s1. The monoisotopic (exact) mass is 504 g/mol. The third kappa shape index (κ3) is 4.29. The lowest BCUT2D eigenvalue weighted by atomic mass is 10.2. The van der Waals surface area contributed by atoms with Crippen molar-refractivity contribution in [3.63, 3.8) is 0 Å². The normalized spacial score (nSPS) is 28.0. The number of hydrogen-bond acceptors (Lipinski definition) is 14. The Morgan fingerprint density at radius 3 is 1.47 bits per heavy atom. The largest absolute Gasteiger partial charge is 0.492 e. The summed E-state index contributed by atoms with van der Waals surface area (Å²) in [6.45, 7) is -0.491. The van der Waals surface area contributed by atoms with Gasteiger partial charge in [-0.15, -0.1) is 0 Å². The van der Waals surface area contributed by atoms with Gasteiger partial charge in [0, 0.05) is 12.8 Å². The van der Waals surface area contributed by atoms with Crippen LogP contribution >= 0.6 is 0 Å². The van der Waals surface area contributed by atoms with Gasteiger partial charge in [0.25, 0.3) is 0 Å². The van der Waals surface area contributed by atoms with Crippen molar-refractivity contribution in [1.82, 2.24) is 39.0 Å². The smallest absolute Gasteiger partial charge is 0.242 e. The van der Waals surface area contributed by atoms with Crippen LogP contribution in [0.4, 0.5) is 0 Å². The number of ether oxygens (including phenoxy) is 2. The number of hydrogen-bond donors (Lipinski definition) is 6. The lowest BCUT2D eigenvalue weighted by Gasteiger charge is -2.13. The molecule has 0 spiro atoms. The van der Waals surface area contributed by atoms with Crippen LogP contribution in [0.5, 0.6) is 11.8 Å². The number of fused-ring (bicyclic) bond motifs is 2. The Bertz CT molecular complexity index is 1250. The van der Waals surface area contributed by atoms with E-state index in [0.717, 1.165) is 0 Å². The minimum absolute atomic E-state index is 0.198. The number of aromatic nitrogens is 8. The topological polar surface area (TPSA) is 227 Å². The molecule has 16 heteroatoms. The van der Waals surface area contributed by atoms with Gasteiger partial charge in [-0.05, 0) is 0 Å². The molecular formula is C20H24N8O8. The first-order chi connectivity index (χ1) is 17.4. The van der Waals surface area contributed by atoms with Crippen LogP contribution < -0.4 is 0 Å². The third-order valence-electron chi connectivity index (χ3n) is 6.07. The zero-order valence-corrected chi connectivity index (χ0v) is 18.7. The maximum absolute atomic E-state index is 9.68. The highest BCUT2D eigenvalue weighted by atomic mass is 16.5. The van der Waals surface area contributed by atoms with Crippen molar-refractivity contribution in [2.75, 3.05) is 13.2 Å². The molecule has 36 heavy (non-hydrogen) atoms. The van der Waals surface area contributed by atoms with Crippen LogP contribution in [0, 0.1) is 0 Å². The fourth-order valence-electron chi connectivity index (χ4n) is 4.20. The Labute approximate surface area is 202 Å². The van der Waals surface area contributed by atoms with Crippen molar-refractivity contribution in [3.8, 4) is 11.8 Å². The van der Waals surface area contributed by atoms with Gasteiger partial charge in [-0.2, -0.15) is 9.97 Å². The van der Waals surface area contributed by atoms with E-state index in [-0.39, 0.29) is 36.0 Å². The zero-order valence-electron chi connectivity index (χ0n) is 18.7. The summed E-state index contributed by atoms with van der Waals surface area (Å²) in [6, 6.07) is 0. The van der Waals surface area contributed by atoms with E-state index in [1.165, 1.54) is 25.3 Å². The van der Waals surface area contributed by atoms with E-state index in [9.17, 15) is 20.4 Å². The SMILES string of the molecule is OC[C@H]1O[C@@H](n2cnc3c(O)ncnc32)C[C@@H]1O.OC[C@H]1O[C@@H](n2cnc3c(O)ncnc32)C[C@@H]1O. The summed E-state index contributed by atoms with van der Waals surface area (Å²) in [5, 5.41) is 56.5. The Kier molecular flexibility index (Phi) is 6.61. The average molecular weight is 504 g/mol. The maximum atomic E-state index is 9.68. The predicted molar refractivity (Wildman–Crippen MR) is 117 cm³/mol. The Morgan fingerprint density at radius 2 is 1.11 bits per heavy atom. The fourth-order valence-corrected chi connectivity index (χ4v) is 4.20. The molecule has 0 saturated carbocycles. The van der Waals surface area contributed by atoms with E-state index in [1.54, 1.807) is 9.13 Å². The number of rotatable bonds is 4. The third-order valence-corrected chi connectivity index (χ3v) is 6.07. The maximum Gasteiger partial charge on any atom is 0.242 e. The number of aromatic hydroxyl groups is 2. The van der Waals surface area contributed by atoms with Crippen LogP contribution in [0.1, 0.15) is 25.3 Å². The average Bonchev–Trinajstić information content (AvgIpc) is 3.64. The molecule has 0 bridgehead atoms. The molecule has 2 aliphatic rings. The molecule has 0 amide bonds. The first kappa shape index (κ1) is 24.2. The van der Waals surface area contributed by atoms with Gasteiger partial charge in [0.2, 0.25) is 11.8 Å². The van der Waals surface area contributed by atoms with E-state index in [2.05, 4.69) is 29.9 Å². The van der Waals surface area contributed by atoms with Crippen LogP contribution in [-0.4, -0.2) is 107 Å². The van der Waals surface area contributed by atoms with Gasteiger partial charge in [0.15, 0.2) is 22.3 Å². The molecule has 0 radical (unpaired) electrons. The second-order valence-electron chi connectivity index (χ2n) is 8.27. The minimum atomic E-state index is -0.729. The summed E-state index contributed by atoms with van der Waals surface area (Å²) in [6.07, 6.45) is 2.46. The summed E-state index contributed by atoms with van der Waals surface area (Å²) in [7, 11) is 0. The molecule has 16 nitrogen and oxygen atoms in total. The van der Waals surface area contributed by atoms with Gasteiger partial charge in [0.1, 0.15) is 37.3 Å². The molecular weight excluding hydrogens is 480 g/mol. The van der Waals surface area contributed by atoms with Crippen molar-refractivity contribution >= 4 is 22.3 Å². The van der Waals surface area contributed by atoms with Crippen molar-refractivity contribution in [2.24, 2.45) is 0 Å². The lowest BCUT2D eigenvalue weighted by Crippen LogP contribution is -2.24. The van der Waals surface area contributed by atoms with E-state index in [1.807, 2.05) is 0 Å². The molecule has 6 N–H and O–H groups in total. The summed E-state index contributed by atoms with van der Waals surface area (Å²) < 4.78 is 14.2. The first-order valence-electron chi connectivity index (χ1n) is 11.0. The first-order valence-corrected chi connectivity index (χ1v) is 11.0. The molecule has 192 valence electrons. The van der Waals surface area contributed by atoms with E-state index in [0.29, 0.717) is 24.1 Å². The second kappa shape index (κ2) is 9.84. The molecule has 6 atom stereocenters. The van der Waals surface area contributed by atoms with Gasteiger partial charge in [-0.3, -0.25) is 9.13 Å². The minimum Gasteiger partial charge on any atom is -0.492 e. The summed E-state index contributed by atoms with van der Waals surface area (Å²) in [5.41, 5.74) is 1.42. The summed E-state index contributed by atoms with van der Waals surface area (Å²) in [5.74, 6) is -0.396. The Hall–Kier alpha value is -3.54. The molecule has 2 saturated heterocycles. The number of imidazole rings is 2. The zero-order chi connectivity index (χ0) is 25.4. The van der Waals surface area contributed by atoms with Crippen LogP contribution in [0.2, 0.25) is 0 Å². The van der Waals surface area contributed by atoms with Gasteiger partial charge in [-0.25, -0.2) is 19.9 Å². The number of aliphatic hydroxyl groups is 4. The fraction of sp³-hybridized carbons (Fsp3) is 0.500. The molecule has 0 aromatic carbocycles. The number of nitrogens with zero attached hydrogens (tertiary/aromatic N) is 8. The van der Waals surface area contributed by atoms with Gasteiger partial charge in [0.05, 0.1) is 38.1 Å². The van der Waals surface area contributed by atoms with E-state index >= 15 is 0 Å². The van der Waals surface area contributed by atoms with E-state index < -0.39 is 36.9 Å². The molecule has 4 aromatic heterocycles. The van der Waals surface area contributed by atoms with Gasteiger partial charge in [-0.1, -0.05) is 0 Å². The lowest BCUT2D eigenvalue weighted by molar-refractivity contribution is -0.0432. The number of aliphatic hydroxyl groups excluding tert-OH is 4. The van der Waals surface area contributed by atoms with Crippen molar-refractivity contribution in [1.29, 1.82) is 0 Å². The van der Waals surface area contributed by atoms with Crippen LogP contribution in [-0.2, 0) is 9.47 Å². The molecule has 6 rings (SSSR count). The molecule has 2 fully saturated rings. The highest BCUT2D eigenvalue weighted by Gasteiger charge is 2.36. The Morgan fingerprint density at radius 1 is 0.694 bits per heavy atom. The van der Waals surface area contributed by atoms with Crippen LogP contribution in [0.3, 0.4) is 0 Å². The molecule has 2 aliphatic heterocycles. The molecule has 0 aliphatic carbocycles. The summed E-state index contributed by atoms with van der Waals surface area (Å²) >= 11 is 0. The molecule has 4 aromatic rings. The van der Waals surface area contributed by atoms with Crippen molar-refractivity contribution in [3.05, 3.63) is 25.3 Å². The summed E-state index contributed by atoms with van der Waals surface area (Å²) in [4.78, 5) is 23.3. The van der Waals surface area contributed by atoms with Crippen molar-refractivity contribution in [2.45, 2.75) is 49.7 Å². The van der Waals surface area contributed by atoms with Crippen LogP contribution in [0.25, 0.3) is 22.3 Å². The second-order valence-corrected chi connectivity index (χ2v) is 8.27.